The lowest BCUT2D eigenvalue weighted by atomic mass is 9.89. The van der Waals surface area contributed by atoms with Crippen LogP contribution in [0.25, 0.3) is 5.57 Å². The topological polar surface area (TPSA) is 21.7 Å². The van der Waals surface area contributed by atoms with Gasteiger partial charge >= 0.3 is 0 Å². The summed E-state index contributed by atoms with van der Waals surface area (Å²) in [5, 5.41) is 0. The van der Waals surface area contributed by atoms with E-state index in [0.29, 0.717) is 12.1 Å². The van der Waals surface area contributed by atoms with Crippen molar-refractivity contribution in [1.82, 2.24) is 4.90 Å². The molecule has 2 aliphatic heterocycles. The molecule has 2 aliphatic rings. The molecule has 0 radical (unpaired) electrons. The molecule has 0 aromatic heterocycles. The van der Waals surface area contributed by atoms with Crippen LogP contribution in [0, 0.1) is 0 Å². The fourth-order valence-electron chi connectivity index (χ4n) is 4.01. The van der Waals surface area contributed by atoms with Crippen LogP contribution >= 0.6 is 0 Å². The molecule has 2 heterocycles. The first-order valence-corrected chi connectivity index (χ1v) is 9.85. The van der Waals surface area contributed by atoms with E-state index in [9.17, 15) is 0 Å². The third kappa shape index (κ3) is 4.42. The quantitative estimate of drug-likeness (QED) is 0.769. The lowest BCUT2D eigenvalue weighted by molar-refractivity contribution is -0.0402. The SMILES string of the molecule is CC(C)(C)Oc1ccc(C2=CC3COCC(C2)N3Cc2ccccc2)cc1. The second-order valence-corrected chi connectivity index (χ2v) is 8.55. The standard InChI is InChI=1S/C24H29NO2/c1-24(2,3)27-23-11-9-19(10-12-23)20-13-21-16-26-17-22(14-20)25(21)15-18-7-5-4-6-8-18/h4-13,21-22H,14-17H2,1-3H3. The van der Waals surface area contributed by atoms with Gasteiger partial charge in [-0.05, 0) is 56.0 Å². The second-order valence-electron chi connectivity index (χ2n) is 8.55. The van der Waals surface area contributed by atoms with Crippen LogP contribution in [0.4, 0.5) is 0 Å². The molecule has 2 aromatic carbocycles. The molecule has 4 rings (SSSR count). The highest BCUT2D eigenvalue weighted by Gasteiger charge is 2.34. The van der Waals surface area contributed by atoms with Gasteiger partial charge in [0, 0.05) is 12.6 Å². The van der Waals surface area contributed by atoms with Gasteiger partial charge < -0.3 is 9.47 Å². The van der Waals surface area contributed by atoms with Gasteiger partial charge in [-0.15, -0.1) is 0 Å². The molecular formula is C24H29NO2. The molecule has 3 nitrogen and oxygen atoms in total. The van der Waals surface area contributed by atoms with Gasteiger partial charge in [-0.25, -0.2) is 0 Å². The van der Waals surface area contributed by atoms with E-state index in [1.807, 2.05) is 0 Å². The van der Waals surface area contributed by atoms with Crippen LogP contribution in [-0.4, -0.2) is 35.8 Å². The molecule has 0 N–H and O–H groups in total. The van der Waals surface area contributed by atoms with Crippen LogP contribution in [0.1, 0.15) is 38.3 Å². The third-order valence-electron chi connectivity index (χ3n) is 5.20. The van der Waals surface area contributed by atoms with Gasteiger partial charge in [0.25, 0.3) is 0 Å². The van der Waals surface area contributed by atoms with E-state index in [0.717, 1.165) is 31.9 Å². The van der Waals surface area contributed by atoms with Gasteiger partial charge in [0.1, 0.15) is 11.4 Å². The average molecular weight is 364 g/mol. The van der Waals surface area contributed by atoms with E-state index in [1.165, 1.54) is 16.7 Å². The molecule has 2 bridgehead atoms. The van der Waals surface area contributed by atoms with E-state index < -0.39 is 0 Å². The molecule has 2 aromatic rings. The highest BCUT2D eigenvalue weighted by atomic mass is 16.5. The minimum Gasteiger partial charge on any atom is -0.488 e. The molecule has 142 valence electrons. The Balaban J connectivity index is 1.52. The minimum absolute atomic E-state index is 0.169. The summed E-state index contributed by atoms with van der Waals surface area (Å²) in [6.45, 7) is 8.80. The van der Waals surface area contributed by atoms with E-state index in [4.69, 9.17) is 9.47 Å². The summed E-state index contributed by atoms with van der Waals surface area (Å²) < 4.78 is 11.8. The van der Waals surface area contributed by atoms with Gasteiger partial charge in [-0.1, -0.05) is 48.5 Å². The molecule has 2 atom stereocenters. The maximum absolute atomic E-state index is 5.95. The van der Waals surface area contributed by atoms with Crippen LogP contribution in [0.3, 0.4) is 0 Å². The van der Waals surface area contributed by atoms with Crippen LogP contribution in [0.2, 0.25) is 0 Å². The third-order valence-corrected chi connectivity index (χ3v) is 5.20. The first-order chi connectivity index (χ1) is 13.0. The summed E-state index contributed by atoms with van der Waals surface area (Å²) in [7, 11) is 0. The number of hydrogen-bond donors (Lipinski definition) is 0. The summed E-state index contributed by atoms with van der Waals surface area (Å²) in [5.74, 6) is 0.928. The van der Waals surface area contributed by atoms with Crippen LogP contribution in [0.15, 0.2) is 60.7 Å². The Labute approximate surface area is 162 Å². The molecule has 1 saturated heterocycles. The molecule has 3 heteroatoms. The van der Waals surface area contributed by atoms with Gasteiger partial charge in [0.2, 0.25) is 0 Å². The van der Waals surface area contributed by atoms with E-state index in [2.05, 4.69) is 86.3 Å². The van der Waals surface area contributed by atoms with Crippen molar-refractivity contribution in [1.29, 1.82) is 0 Å². The number of hydrogen-bond acceptors (Lipinski definition) is 3. The van der Waals surface area contributed by atoms with Crippen molar-refractivity contribution in [2.75, 3.05) is 13.2 Å². The van der Waals surface area contributed by atoms with Crippen LogP contribution < -0.4 is 4.74 Å². The van der Waals surface area contributed by atoms with Crippen molar-refractivity contribution in [3.8, 4) is 5.75 Å². The predicted octanol–water partition coefficient (Wildman–Crippen LogP) is 4.92. The predicted molar refractivity (Wildman–Crippen MR) is 110 cm³/mol. The van der Waals surface area contributed by atoms with Crippen molar-refractivity contribution in [3.63, 3.8) is 0 Å². The maximum atomic E-state index is 5.95. The molecule has 0 amide bonds. The van der Waals surface area contributed by atoms with E-state index in [-0.39, 0.29) is 5.60 Å². The summed E-state index contributed by atoms with van der Waals surface area (Å²) >= 11 is 0. The number of benzene rings is 2. The molecule has 27 heavy (non-hydrogen) atoms. The lowest BCUT2D eigenvalue weighted by Gasteiger charge is -2.45. The summed E-state index contributed by atoms with van der Waals surface area (Å²) in [5.41, 5.74) is 3.93. The van der Waals surface area contributed by atoms with Crippen LogP contribution in [-0.2, 0) is 11.3 Å². The number of rotatable bonds is 4. The highest BCUT2D eigenvalue weighted by Crippen LogP contribution is 2.34. The number of nitrogens with zero attached hydrogens (tertiary/aromatic N) is 1. The lowest BCUT2D eigenvalue weighted by Crippen LogP contribution is -2.53. The molecule has 0 aliphatic carbocycles. The minimum atomic E-state index is -0.169. The molecule has 2 unspecified atom stereocenters. The maximum Gasteiger partial charge on any atom is 0.120 e. The Hall–Kier alpha value is -2.10. The van der Waals surface area contributed by atoms with Crippen molar-refractivity contribution in [2.45, 2.75) is 51.4 Å². The molecular weight excluding hydrogens is 334 g/mol. The second kappa shape index (κ2) is 7.49. The van der Waals surface area contributed by atoms with Crippen LogP contribution in [0.5, 0.6) is 5.75 Å². The summed E-state index contributed by atoms with van der Waals surface area (Å²) in [6.07, 6.45) is 3.43. The van der Waals surface area contributed by atoms with E-state index >= 15 is 0 Å². The molecule has 0 spiro atoms. The summed E-state index contributed by atoms with van der Waals surface area (Å²) in [4.78, 5) is 2.60. The smallest absolute Gasteiger partial charge is 0.120 e. The molecule has 1 fully saturated rings. The Morgan fingerprint density at radius 3 is 2.41 bits per heavy atom. The first-order valence-electron chi connectivity index (χ1n) is 9.85. The zero-order valence-electron chi connectivity index (χ0n) is 16.5. The van der Waals surface area contributed by atoms with Gasteiger partial charge in [-0.2, -0.15) is 0 Å². The van der Waals surface area contributed by atoms with Gasteiger partial charge in [0.05, 0.1) is 19.3 Å². The van der Waals surface area contributed by atoms with Crippen molar-refractivity contribution < 1.29 is 9.47 Å². The Bertz CT molecular complexity index is 789. The Kier molecular flexibility index (Phi) is 5.07. The highest BCUT2D eigenvalue weighted by molar-refractivity contribution is 5.68. The molecule has 0 saturated carbocycles. The number of fused-ring (bicyclic) bond motifs is 2. The van der Waals surface area contributed by atoms with Gasteiger partial charge in [0.15, 0.2) is 0 Å². The number of ether oxygens (including phenoxy) is 2. The largest absolute Gasteiger partial charge is 0.488 e. The van der Waals surface area contributed by atoms with E-state index in [1.54, 1.807) is 0 Å². The van der Waals surface area contributed by atoms with Crippen molar-refractivity contribution >= 4 is 5.57 Å². The Morgan fingerprint density at radius 1 is 1.00 bits per heavy atom. The average Bonchev–Trinajstić information content (AvgIpc) is 2.62. The number of morpholine rings is 1. The van der Waals surface area contributed by atoms with Gasteiger partial charge in [-0.3, -0.25) is 4.90 Å². The summed E-state index contributed by atoms with van der Waals surface area (Å²) in [6, 6.07) is 20.1. The fraction of sp³-hybridized carbons (Fsp3) is 0.417. The monoisotopic (exact) mass is 363 g/mol. The van der Waals surface area contributed by atoms with Crippen molar-refractivity contribution in [3.05, 3.63) is 71.8 Å². The Morgan fingerprint density at radius 2 is 1.74 bits per heavy atom. The van der Waals surface area contributed by atoms with Crippen molar-refractivity contribution in [2.24, 2.45) is 0 Å². The zero-order valence-corrected chi connectivity index (χ0v) is 16.5. The fourth-order valence-corrected chi connectivity index (χ4v) is 4.01. The first kappa shape index (κ1) is 18.3. The zero-order chi connectivity index (χ0) is 18.9. The normalized spacial score (nSPS) is 23.0.